The lowest BCUT2D eigenvalue weighted by atomic mass is 10.7. The number of thiocarbonyl (C=S) groups is 1. The van der Waals surface area contributed by atoms with Crippen molar-refractivity contribution in [2.75, 3.05) is 0 Å². The van der Waals surface area contributed by atoms with Crippen LogP contribution in [0.5, 0.6) is 0 Å². The lowest BCUT2D eigenvalue weighted by Crippen LogP contribution is -3.00. The summed E-state index contributed by atoms with van der Waals surface area (Å²) in [5, 5.41) is 6.80. The molecule has 1 rings (SSSR count). The van der Waals surface area contributed by atoms with E-state index in [1.54, 1.807) is 0 Å². The van der Waals surface area contributed by atoms with Crippen LogP contribution >= 0.6 is 23.8 Å². The van der Waals surface area contributed by atoms with Gasteiger partial charge in [0.2, 0.25) is 0 Å². The summed E-state index contributed by atoms with van der Waals surface area (Å²) >= 11 is 10.0. The average Bonchev–Trinajstić information content (AvgIpc) is 1.91. The molecule has 0 fully saturated rings. The Balaban J connectivity index is 0.000000490. The van der Waals surface area contributed by atoms with Crippen LogP contribution in [0.15, 0.2) is 10.3 Å². The van der Waals surface area contributed by atoms with E-state index in [1.807, 2.05) is 0 Å². The molecule has 0 aromatic heterocycles. The van der Waals surface area contributed by atoms with Gasteiger partial charge in [0.25, 0.3) is 0 Å². The minimum absolute atomic E-state index is 0. The molecule has 0 saturated carbocycles. The third kappa shape index (κ3) is 1.54. The van der Waals surface area contributed by atoms with E-state index in [4.69, 9.17) is 11.6 Å². The molecular formula is C2H2Cl2N3S-. The third-order valence-corrected chi connectivity index (χ3v) is 1.29. The fourth-order valence-electron chi connectivity index (χ4n) is 0.235. The van der Waals surface area contributed by atoms with Gasteiger partial charge in [-0.25, -0.2) is 5.43 Å². The smallest absolute Gasteiger partial charge is 0.197 e. The molecule has 0 aliphatic carbocycles. The molecule has 3 nitrogen and oxygen atoms in total. The normalized spacial score (nSPS) is 24.6. The Morgan fingerprint density at radius 1 is 1.75 bits per heavy atom. The van der Waals surface area contributed by atoms with E-state index < -0.39 is 5.50 Å². The van der Waals surface area contributed by atoms with Crippen molar-refractivity contribution in [2.45, 2.75) is 5.50 Å². The molecule has 6 heteroatoms. The largest absolute Gasteiger partial charge is 1.00 e. The molecule has 0 saturated heterocycles. The summed E-state index contributed by atoms with van der Waals surface area (Å²) in [7, 11) is 0. The highest BCUT2D eigenvalue weighted by Gasteiger charge is 2.12. The Morgan fingerprint density at radius 2 is 2.38 bits per heavy atom. The molecule has 1 atom stereocenters. The van der Waals surface area contributed by atoms with E-state index >= 15 is 0 Å². The number of hydrogen-bond donors (Lipinski definition) is 1. The summed E-state index contributed by atoms with van der Waals surface area (Å²) in [6, 6.07) is 0. The van der Waals surface area contributed by atoms with Crippen molar-refractivity contribution < 1.29 is 12.4 Å². The van der Waals surface area contributed by atoms with E-state index in [2.05, 4.69) is 28.0 Å². The summed E-state index contributed by atoms with van der Waals surface area (Å²) < 4.78 is 0. The summed E-state index contributed by atoms with van der Waals surface area (Å²) in [6.45, 7) is 0. The van der Waals surface area contributed by atoms with Gasteiger partial charge in [0.15, 0.2) is 5.50 Å². The molecule has 0 radical (unpaired) electrons. The highest BCUT2D eigenvalue weighted by Crippen LogP contribution is 2.04. The van der Waals surface area contributed by atoms with Crippen molar-refractivity contribution in [3.05, 3.63) is 0 Å². The number of halogens is 2. The zero-order valence-corrected chi connectivity index (χ0v) is 5.96. The first-order valence-corrected chi connectivity index (χ1v) is 2.49. The average molecular weight is 171 g/mol. The van der Waals surface area contributed by atoms with Crippen LogP contribution < -0.4 is 17.8 Å². The fourth-order valence-corrected chi connectivity index (χ4v) is 0.415. The Bertz CT molecular complexity index is 124. The van der Waals surface area contributed by atoms with Gasteiger partial charge in [-0.3, -0.25) is 0 Å². The predicted octanol–water partition coefficient (Wildman–Crippen LogP) is -2.15. The van der Waals surface area contributed by atoms with Crippen LogP contribution in [0.2, 0.25) is 0 Å². The molecule has 8 heavy (non-hydrogen) atoms. The van der Waals surface area contributed by atoms with Crippen LogP contribution in [0.1, 0.15) is 0 Å². The maximum absolute atomic E-state index is 5.40. The molecule has 0 spiro atoms. The van der Waals surface area contributed by atoms with Gasteiger partial charge >= 0.3 is 0 Å². The second-order valence-electron chi connectivity index (χ2n) is 1.03. The van der Waals surface area contributed by atoms with Gasteiger partial charge in [-0.2, -0.15) is 0 Å². The van der Waals surface area contributed by atoms with Gasteiger partial charge in [-0.1, -0.05) is 29.0 Å². The molecule has 46 valence electrons. The zero-order valence-electron chi connectivity index (χ0n) is 3.64. The van der Waals surface area contributed by atoms with Crippen LogP contribution in [0.4, 0.5) is 0 Å². The molecule has 1 N–H and O–H groups in total. The number of alkyl halides is 1. The molecule has 0 amide bonds. The standard InChI is InChI=1S/C2H2ClN3S.ClH/c3-1-2(7)5-6-4-1;/h1H,(H,4,5,7);1H/p-1. The Labute approximate surface area is 62.9 Å². The second kappa shape index (κ2) is 3.17. The minimum Gasteiger partial charge on any atom is -1.00 e. The van der Waals surface area contributed by atoms with Crippen molar-refractivity contribution in [1.29, 1.82) is 0 Å². The van der Waals surface area contributed by atoms with E-state index in [0.717, 1.165) is 0 Å². The Morgan fingerprint density at radius 3 is 2.50 bits per heavy atom. The number of nitrogens with zero attached hydrogens (tertiary/aromatic N) is 2. The van der Waals surface area contributed by atoms with Crippen LogP contribution in [0.3, 0.4) is 0 Å². The first-order chi connectivity index (χ1) is 3.30. The van der Waals surface area contributed by atoms with Crippen LogP contribution in [-0.2, 0) is 0 Å². The summed E-state index contributed by atoms with van der Waals surface area (Å²) in [4.78, 5) is 0.474. The van der Waals surface area contributed by atoms with Crippen LogP contribution in [0.25, 0.3) is 0 Å². The lowest BCUT2D eigenvalue weighted by Gasteiger charge is -1.87. The fraction of sp³-hybridized carbons (Fsp3) is 0.500. The monoisotopic (exact) mass is 170 g/mol. The highest BCUT2D eigenvalue weighted by atomic mass is 35.5. The quantitative estimate of drug-likeness (QED) is 0.256. The van der Waals surface area contributed by atoms with Crippen molar-refractivity contribution in [3.63, 3.8) is 0 Å². The molecule has 1 aliphatic heterocycles. The van der Waals surface area contributed by atoms with E-state index in [1.165, 1.54) is 0 Å². The van der Waals surface area contributed by atoms with Crippen molar-refractivity contribution in [2.24, 2.45) is 10.3 Å². The molecular weight excluding hydrogens is 169 g/mol. The SMILES string of the molecule is S=C1NN=NC1Cl.[Cl-]. The zero-order chi connectivity index (χ0) is 5.28. The van der Waals surface area contributed by atoms with Crippen molar-refractivity contribution >= 4 is 28.8 Å². The van der Waals surface area contributed by atoms with Gasteiger partial charge in [-0.15, -0.1) is 5.11 Å². The molecule has 0 aromatic rings. The number of rotatable bonds is 0. The molecule has 1 aliphatic rings. The van der Waals surface area contributed by atoms with Gasteiger partial charge in [-0.05, 0) is 0 Å². The third-order valence-electron chi connectivity index (χ3n) is 0.536. The second-order valence-corrected chi connectivity index (χ2v) is 1.88. The van der Waals surface area contributed by atoms with Crippen LogP contribution in [-0.4, -0.2) is 10.5 Å². The van der Waals surface area contributed by atoms with Gasteiger partial charge < -0.3 is 12.4 Å². The van der Waals surface area contributed by atoms with Gasteiger partial charge in [0.05, 0.1) is 0 Å². The molecule has 1 unspecified atom stereocenters. The molecule has 1 heterocycles. The summed E-state index contributed by atoms with van der Waals surface area (Å²) in [5.74, 6) is 0. The number of nitrogens with one attached hydrogen (secondary N) is 1. The summed E-state index contributed by atoms with van der Waals surface area (Å²) in [5.41, 5.74) is 1.99. The maximum Gasteiger partial charge on any atom is 0.197 e. The maximum atomic E-state index is 5.40. The minimum atomic E-state index is -0.435. The predicted molar refractivity (Wildman–Crippen MR) is 30.2 cm³/mol. The van der Waals surface area contributed by atoms with Crippen molar-refractivity contribution in [1.82, 2.24) is 5.43 Å². The topological polar surface area (TPSA) is 36.8 Å². The first kappa shape index (κ1) is 8.07. The van der Waals surface area contributed by atoms with E-state index in [0.29, 0.717) is 4.99 Å². The lowest BCUT2D eigenvalue weighted by molar-refractivity contribution is -0.00000133. The highest BCUT2D eigenvalue weighted by molar-refractivity contribution is 7.80. The van der Waals surface area contributed by atoms with Gasteiger partial charge in [0.1, 0.15) is 4.99 Å². The van der Waals surface area contributed by atoms with E-state index in [9.17, 15) is 0 Å². The molecule has 0 bridgehead atoms. The number of hydrogen-bond acceptors (Lipinski definition) is 3. The van der Waals surface area contributed by atoms with Gasteiger partial charge in [0, 0.05) is 0 Å². The van der Waals surface area contributed by atoms with Crippen molar-refractivity contribution in [3.8, 4) is 0 Å². The Kier molecular flexibility index (Phi) is 3.19. The summed E-state index contributed by atoms with van der Waals surface area (Å²) in [6.07, 6.45) is 0. The van der Waals surface area contributed by atoms with E-state index in [-0.39, 0.29) is 12.4 Å². The first-order valence-electron chi connectivity index (χ1n) is 1.64. The Hall–Kier alpha value is 0.0700. The van der Waals surface area contributed by atoms with Crippen LogP contribution in [0, 0.1) is 0 Å². The molecule has 0 aromatic carbocycles.